The van der Waals surface area contributed by atoms with Crippen LogP contribution in [0.15, 0.2) is 57.8 Å². The predicted molar refractivity (Wildman–Crippen MR) is 123 cm³/mol. The molecule has 8 heteroatoms. The van der Waals surface area contributed by atoms with Crippen LogP contribution in [0, 0.1) is 13.8 Å². The number of furan rings is 1. The van der Waals surface area contributed by atoms with E-state index in [1.54, 1.807) is 19.6 Å². The molecule has 1 aromatic carbocycles. The van der Waals surface area contributed by atoms with E-state index in [-0.39, 0.29) is 0 Å². The summed E-state index contributed by atoms with van der Waals surface area (Å²) in [5.74, 6) is 2.77. The molecular weight excluding hydrogens is 420 g/mol. The number of rotatable bonds is 5. The number of nitrogens with zero attached hydrogens (tertiary/aromatic N) is 4. The number of aromatic nitrogens is 3. The molecule has 5 rings (SSSR count). The zero-order chi connectivity index (χ0) is 23.0. The fraction of sp³-hybridized carbons (Fsp3) is 0.320. The van der Waals surface area contributed by atoms with Gasteiger partial charge in [0.2, 0.25) is 5.95 Å². The standard InChI is InChI=1S/C25H26N4O4/c1-16-14-22(33-28-16)21-15-26-24(27-23(21)20-8-13-32-17(20)2)29-11-9-25(30,10-12-29)18-4-6-19(31-3)7-5-18/h4-8,13-15,30H,9-12H2,1-3H3. The van der Waals surface area contributed by atoms with E-state index in [9.17, 15) is 5.11 Å². The molecule has 1 fully saturated rings. The van der Waals surface area contributed by atoms with Gasteiger partial charge in [0.1, 0.15) is 11.5 Å². The van der Waals surface area contributed by atoms with Gasteiger partial charge >= 0.3 is 0 Å². The van der Waals surface area contributed by atoms with Gasteiger partial charge in [0.25, 0.3) is 0 Å². The average Bonchev–Trinajstić information content (AvgIpc) is 3.47. The Labute approximate surface area is 191 Å². The third kappa shape index (κ3) is 3.98. The van der Waals surface area contributed by atoms with Gasteiger partial charge in [-0.3, -0.25) is 0 Å². The Bertz CT molecular complexity index is 1250. The number of aliphatic hydroxyl groups is 1. The van der Waals surface area contributed by atoms with E-state index in [1.165, 1.54) is 0 Å². The number of ether oxygens (including phenoxy) is 1. The normalized spacial score (nSPS) is 15.6. The first kappa shape index (κ1) is 21.2. The molecule has 1 aliphatic rings. The van der Waals surface area contributed by atoms with Crippen LogP contribution in [0.5, 0.6) is 5.75 Å². The highest BCUT2D eigenvalue weighted by atomic mass is 16.5. The van der Waals surface area contributed by atoms with Gasteiger partial charge in [-0.05, 0) is 50.5 Å². The fourth-order valence-electron chi connectivity index (χ4n) is 4.30. The van der Waals surface area contributed by atoms with Crippen LogP contribution in [0.2, 0.25) is 0 Å². The van der Waals surface area contributed by atoms with Crippen molar-refractivity contribution in [2.75, 3.05) is 25.1 Å². The van der Waals surface area contributed by atoms with Crippen LogP contribution in [0.25, 0.3) is 22.6 Å². The number of piperidine rings is 1. The van der Waals surface area contributed by atoms with E-state index >= 15 is 0 Å². The van der Waals surface area contributed by atoms with E-state index in [1.807, 2.05) is 50.2 Å². The highest BCUT2D eigenvalue weighted by molar-refractivity contribution is 5.79. The molecule has 1 aliphatic heterocycles. The molecule has 170 valence electrons. The molecule has 33 heavy (non-hydrogen) atoms. The second-order valence-electron chi connectivity index (χ2n) is 8.40. The molecular formula is C25H26N4O4. The SMILES string of the molecule is COc1ccc(C2(O)CCN(c3ncc(-c4cc(C)no4)c(-c4ccoc4C)n3)CC2)cc1. The number of anilines is 1. The molecule has 0 aliphatic carbocycles. The van der Waals surface area contributed by atoms with Crippen molar-refractivity contribution in [3.63, 3.8) is 0 Å². The summed E-state index contributed by atoms with van der Waals surface area (Å²) < 4.78 is 16.3. The van der Waals surface area contributed by atoms with Crippen molar-refractivity contribution >= 4 is 5.95 Å². The molecule has 4 heterocycles. The number of benzene rings is 1. The first-order valence-electron chi connectivity index (χ1n) is 10.9. The summed E-state index contributed by atoms with van der Waals surface area (Å²) in [4.78, 5) is 11.6. The largest absolute Gasteiger partial charge is 0.497 e. The first-order valence-corrected chi connectivity index (χ1v) is 10.9. The maximum Gasteiger partial charge on any atom is 0.225 e. The molecule has 1 saturated heterocycles. The molecule has 0 amide bonds. The highest BCUT2D eigenvalue weighted by Crippen LogP contribution is 2.37. The van der Waals surface area contributed by atoms with Gasteiger partial charge in [0.05, 0.1) is 35.9 Å². The Morgan fingerprint density at radius 1 is 1.06 bits per heavy atom. The molecule has 0 radical (unpaired) electrons. The number of hydrogen-bond acceptors (Lipinski definition) is 8. The summed E-state index contributed by atoms with van der Waals surface area (Å²) in [6.45, 7) is 5.05. The summed E-state index contributed by atoms with van der Waals surface area (Å²) in [5.41, 5.74) is 3.18. The van der Waals surface area contributed by atoms with E-state index in [0.29, 0.717) is 37.6 Å². The van der Waals surface area contributed by atoms with Gasteiger partial charge in [0.15, 0.2) is 5.76 Å². The quantitative estimate of drug-likeness (QED) is 0.478. The smallest absolute Gasteiger partial charge is 0.225 e. The maximum atomic E-state index is 11.3. The molecule has 0 saturated carbocycles. The lowest BCUT2D eigenvalue weighted by molar-refractivity contribution is 0.0115. The monoisotopic (exact) mass is 446 g/mol. The highest BCUT2D eigenvalue weighted by Gasteiger charge is 2.35. The number of aryl methyl sites for hydroxylation is 2. The van der Waals surface area contributed by atoms with Crippen molar-refractivity contribution in [3.05, 3.63) is 65.9 Å². The van der Waals surface area contributed by atoms with Crippen molar-refractivity contribution in [3.8, 4) is 28.3 Å². The minimum atomic E-state index is -0.885. The molecule has 0 atom stereocenters. The molecule has 0 spiro atoms. The lowest BCUT2D eigenvalue weighted by atomic mass is 9.84. The predicted octanol–water partition coefficient (Wildman–Crippen LogP) is 4.51. The van der Waals surface area contributed by atoms with E-state index in [0.717, 1.165) is 39.6 Å². The number of hydrogen-bond donors (Lipinski definition) is 1. The lowest BCUT2D eigenvalue weighted by Gasteiger charge is -2.38. The maximum absolute atomic E-state index is 11.3. The van der Waals surface area contributed by atoms with E-state index in [2.05, 4.69) is 15.0 Å². The van der Waals surface area contributed by atoms with Crippen molar-refractivity contribution < 1.29 is 18.8 Å². The lowest BCUT2D eigenvalue weighted by Crippen LogP contribution is -2.43. The van der Waals surface area contributed by atoms with Gasteiger partial charge in [-0.15, -0.1) is 0 Å². The third-order valence-electron chi connectivity index (χ3n) is 6.28. The summed E-state index contributed by atoms with van der Waals surface area (Å²) in [5, 5.41) is 15.3. The van der Waals surface area contributed by atoms with Gasteiger partial charge in [0, 0.05) is 30.9 Å². The van der Waals surface area contributed by atoms with Crippen LogP contribution >= 0.6 is 0 Å². The summed E-state index contributed by atoms with van der Waals surface area (Å²) >= 11 is 0. The van der Waals surface area contributed by atoms with Gasteiger partial charge < -0.3 is 23.7 Å². The molecule has 8 nitrogen and oxygen atoms in total. The minimum Gasteiger partial charge on any atom is -0.497 e. The van der Waals surface area contributed by atoms with Crippen LogP contribution in [-0.2, 0) is 5.60 Å². The van der Waals surface area contributed by atoms with Crippen molar-refractivity contribution in [2.24, 2.45) is 0 Å². The van der Waals surface area contributed by atoms with Gasteiger partial charge in [-0.2, -0.15) is 0 Å². The van der Waals surface area contributed by atoms with Crippen molar-refractivity contribution in [2.45, 2.75) is 32.3 Å². The average molecular weight is 447 g/mol. The Kier molecular flexibility index (Phi) is 5.38. The Hall–Kier alpha value is -3.65. The Morgan fingerprint density at radius 3 is 2.42 bits per heavy atom. The van der Waals surface area contributed by atoms with Crippen LogP contribution in [0.3, 0.4) is 0 Å². The second-order valence-corrected chi connectivity index (χ2v) is 8.40. The second kappa shape index (κ2) is 8.37. The van der Waals surface area contributed by atoms with Crippen LogP contribution in [0.1, 0.15) is 29.9 Å². The molecule has 0 bridgehead atoms. The summed E-state index contributed by atoms with van der Waals surface area (Å²) in [6.07, 6.45) is 4.57. The van der Waals surface area contributed by atoms with Crippen molar-refractivity contribution in [1.29, 1.82) is 0 Å². The molecule has 3 aromatic heterocycles. The molecule has 4 aromatic rings. The van der Waals surface area contributed by atoms with Crippen LogP contribution < -0.4 is 9.64 Å². The third-order valence-corrected chi connectivity index (χ3v) is 6.28. The van der Waals surface area contributed by atoms with Gasteiger partial charge in [-0.25, -0.2) is 9.97 Å². The Morgan fingerprint density at radius 2 is 1.82 bits per heavy atom. The molecule has 1 N–H and O–H groups in total. The molecule has 0 unspecified atom stereocenters. The topological polar surface area (TPSA) is 97.7 Å². The first-order chi connectivity index (χ1) is 16.0. The summed E-state index contributed by atoms with van der Waals surface area (Å²) in [6, 6.07) is 11.4. The van der Waals surface area contributed by atoms with Crippen molar-refractivity contribution in [1.82, 2.24) is 15.1 Å². The van der Waals surface area contributed by atoms with Crippen LogP contribution in [0.4, 0.5) is 5.95 Å². The number of methoxy groups -OCH3 is 1. The minimum absolute atomic E-state index is 0.575. The van der Waals surface area contributed by atoms with E-state index in [4.69, 9.17) is 18.7 Å². The summed E-state index contributed by atoms with van der Waals surface area (Å²) in [7, 11) is 1.64. The zero-order valence-electron chi connectivity index (χ0n) is 18.9. The van der Waals surface area contributed by atoms with Crippen LogP contribution in [-0.4, -0.2) is 40.4 Å². The van der Waals surface area contributed by atoms with Gasteiger partial charge in [-0.1, -0.05) is 17.3 Å². The van der Waals surface area contributed by atoms with E-state index < -0.39 is 5.60 Å². The zero-order valence-corrected chi connectivity index (χ0v) is 18.9. The Balaban J connectivity index is 1.43. The fourth-order valence-corrected chi connectivity index (χ4v) is 4.30.